The van der Waals surface area contributed by atoms with Gasteiger partial charge in [0.25, 0.3) is 5.91 Å². The Balaban J connectivity index is 1.56. The molecule has 1 N–H and O–H groups in total. The van der Waals surface area contributed by atoms with Crippen molar-refractivity contribution < 1.29 is 18.7 Å². The molecule has 1 unspecified atom stereocenters. The van der Waals surface area contributed by atoms with Gasteiger partial charge in [-0.1, -0.05) is 36.4 Å². The van der Waals surface area contributed by atoms with Gasteiger partial charge in [0.2, 0.25) is 5.91 Å². The fourth-order valence-electron chi connectivity index (χ4n) is 4.22. The molecule has 1 saturated heterocycles. The highest BCUT2D eigenvalue weighted by molar-refractivity contribution is 5.87. The molecule has 1 aliphatic rings. The number of hydrogen-bond donors (Lipinski definition) is 1. The Kier molecular flexibility index (Phi) is 6.79. The van der Waals surface area contributed by atoms with Crippen LogP contribution in [0, 0.1) is 5.82 Å². The van der Waals surface area contributed by atoms with Crippen LogP contribution < -0.4 is 5.32 Å². The van der Waals surface area contributed by atoms with E-state index in [-0.39, 0.29) is 37.2 Å². The Morgan fingerprint density at radius 3 is 2.58 bits per heavy atom. The van der Waals surface area contributed by atoms with Gasteiger partial charge in [0, 0.05) is 32.4 Å². The zero-order valence-electron chi connectivity index (χ0n) is 18.5. The minimum absolute atomic E-state index is 0.0686. The second kappa shape index (κ2) is 9.92. The smallest absolute Gasteiger partial charge is 0.254 e. The quantitative estimate of drug-likeness (QED) is 0.631. The summed E-state index contributed by atoms with van der Waals surface area (Å²) in [7, 11) is 1.56. The second-order valence-corrected chi connectivity index (χ2v) is 8.16. The lowest BCUT2D eigenvalue weighted by Gasteiger charge is -2.41. The van der Waals surface area contributed by atoms with E-state index >= 15 is 0 Å². The molecule has 0 aliphatic carbocycles. The number of amides is 2. The van der Waals surface area contributed by atoms with Gasteiger partial charge in [-0.3, -0.25) is 14.6 Å². The Morgan fingerprint density at radius 1 is 1.06 bits per heavy atom. The number of pyridine rings is 1. The zero-order chi connectivity index (χ0) is 23.3. The highest BCUT2D eigenvalue weighted by Crippen LogP contribution is 2.27. The van der Waals surface area contributed by atoms with Crippen molar-refractivity contribution in [3.05, 3.63) is 90.0 Å². The van der Waals surface area contributed by atoms with Gasteiger partial charge in [0.05, 0.1) is 19.6 Å². The van der Waals surface area contributed by atoms with E-state index in [1.165, 1.54) is 12.1 Å². The summed E-state index contributed by atoms with van der Waals surface area (Å²) in [6.07, 6.45) is 3.86. The Morgan fingerprint density at radius 2 is 1.82 bits per heavy atom. The van der Waals surface area contributed by atoms with Gasteiger partial charge in [-0.25, -0.2) is 4.39 Å². The van der Waals surface area contributed by atoms with Crippen molar-refractivity contribution in [1.82, 2.24) is 15.2 Å². The topological polar surface area (TPSA) is 71.5 Å². The van der Waals surface area contributed by atoms with Crippen LogP contribution in [0.2, 0.25) is 0 Å². The SMILES string of the molecule is CNC(=O)C1(Cc2cccc(-c3ccncc3)c2)CN(C(=O)Cc2cccc(F)c2)CCO1. The summed E-state index contributed by atoms with van der Waals surface area (Å²) in [5.74, 6) is -0.821. The maximum absolute atomic E-state index is 13.5. The number of halogens is 1. The third kappa shape index (κ3) is 5.26. The summed E-state index contributed by atoms with van der Waals surface area (Å²) in [6.45, 7) is 0.747. The standard InChI is InChI=1S/C26H26FN3O3/c1-28-25(32)26(17-20-5-2-6-22(14-20)21-8-10-29-11-9-21)18-30(12-13-33-26)24(31)16-19-4-3-7-23(27)15-19/h2-11,14-15H,12-13,16-18H2,1H3,(H,28,32). The summed E-state index contributed by atoms with van der Waals surface area (Å²) < 4.78 is 19.6. The summed E-state index contributed by atoms with van der Waals surface area (Å²) in [4.78, 5) is 31.7. The van der Waals surface area contributed by atoms with E-state index in [1.54, 1.807) is 36.5 Å². The molecule has 0 bridgehead atoms. The Bertz CT molecular complexity index is 1140. The first-order chi connectivity index (χ1) is 16.0. The van der Waals surface area contributed by atoms with Gasteiger partial charge in [-0.05, 0) is 46.5 Å². The van der Waals surface area contributed by atoms with Crippen molar-refractivity contribution in [2.75, 3.05) is 26.7 Å². The van der Waals surface area contributed by atoms with Crippen LogP contribution in [0.4, 0.5) is 4.39 Å². The molecule has 2 amide bonds. The molecular weight excluding hydrogens is 421 g/mol. The predicted octanol–water partition coefficient (Wildman–Crippen LogP) is 3.02. The van der Waals surface area contributed by atoms with Gasteiger partial charge < -0.3 is 15.0 Å². The van der Waals surface area contributed by atoms with Crippen LogP contribution >= 0.6 is 0 Å². The maximum Gasteiger partial charge on any atom is 0.254 e. The van der Waals surface area contributed by atoms with E-state index in [9.17, 15) is 14.0 Å². The van der Waals surface area contributed by atoms with Gasteiger partial charge in [0.1, 0.15) is 5.82 Å². The van der Waals surface area contributed by atoms with Crippen molar-refractivity contribution in [3.63, 3.8) is 0 Å². The molecule has 7 heteroatoms. The van der Waals surface area contributed by atoms with E-state index in [1.807, 2.05) is 36.4 Å². The van der Waals surface area contributed by atoms with Crippen molar-refractivity contribution in [1.29, 1.82) is 0 Å². The number of nitrogens with one attached hydrogen (secondary N) is 1. The molecule has 170 valence electrons. The first-order valence-electron chi connectivity index (χ1n) is 10.9. The molecule has 2 heterocycles. The number of rotatable bonds is 6. The minimum Gasteiger partial charge on any atom is -0.361 e. The summed E-state index contributed by atoms with van der Waals surface area (Å²) in [5, 5.41) is 2.70. The lowest BCUT2D eigenvalue weighted by atomic mass is 9.89. The van der Waals surface area contributed by atoms with E-state index in [0.717, 1.165) is 16.7 Å². The summed E-state index contributed by atoms with van der Waals surface area (Å²) in [5.41, 5.74) is 2.35. The van der Waals surface area contributed by atoms with Crippen LogP contribution in [0.15, 0.2) is 73.1 Å². The highest BCUT2D eigenvalue weighted by atomic mass is 19.1. The van der Waals surface area contributed by atoms with Crippen molar-refractivity contribution in [3.8, 4) is 11.1 Å². The predicted molar refractivity (Wildman–Crippen MR) is 123 cm³/mol. The maximum atomic E-state index is 13.5. The lowest BCUT2D eigenvalue weighted by Crippen LogP contribution is -2.61. The van der Waals surface area contributed by atoms with Crippen LogP contribution in [0.1, 0.15) is 11.1 Å². The minimum atomic E-state index is -1.21. The van der Waals surface area contributed by atoms with Crippen LogP contribution in [-0.4, -0.2) is 54.0 Å². The van der Waals surface area contributed by atoms with Crippen molar-refractivity contribution >= 4 is 11.8 Å². The van der Waals surface area contributed by atoms with Gasteiger partial charge in [-0.2, -0.15) is 0 Å². The van der Waals surface area contributed by atoms with Crippen molar-refractivity contribution in [2.24, 2.45) is 0 Å². The molecule has 1 aliphatic heterocycles. The number of ether oxygens (including phenoxy) is 1. The molecule has 1 aromatic heterocycles. The molecule has 2 aromatic carbocycles. The van der Waals surface area contributed by atoms with Crippen LogP contribution in [-0.2, 0) is 27.2 Å². The lowest BCUT2D eigenvalue weighted by molar-refractivity contribution is -0.165. The molecule has 4 rings (SSSR count). The molecule has 0 spiro atoms. The normalized spacial score (nSPS) is 18.1. The fourth-order valence-corrected chi connectivity index (χ4v) is 4.22. The molecule has 0 saturated carbocycles. The van der Waals surface area contributed by atoms with E-state index in [0.29, 0.717) is 18.5 Å². The summed E-state index contributed by atoms with van der Waals surface area (Å²) >= 11 is 0. The first kappa shape index (κ1) is 22.6. The zero-order valence-corrected chi connectivity index (χ0v) is 18.5. The van der Waals surface area contributed by atoms with E-state index in [2.05, 4.69) is 10.3 Å². The Labute approximate surface area is 192 Å². The third-order valence-corrected chi connectivity index (χ3v) is 5.85. The van der Waals surface area contributed by atoms with Gasteiger partial charge in [0.15, 0.2) is 5.60 Å². The number of likely N-dealkylation sites (N-methyl/N-ethyl adjacent to an activating group) is 1. The monoisotopic (exact) mass is 447 g/mol. The number of carbonyl (C=O) groups is 2. The van der Waals surface area contributed by atoms with Crippen LogP contribution in [0.3, 0.4) is 0 Å². The summed E-state index contributed by atoms with van der Waals surface area (Å²) in [6, 6.07) is 17.8. The average Bonchev–Trinajstić information content (AvgIpc) is 2.84. The number of benzene rings is 2. The fraction of sp³-hybridized carbons (Fsp3) is 0.269. The third-order valence-electron chi connectivity index (χ3n) is 5.85. The van der Waals surface area contributed by atoms with Gasteiger partial charge >= 0.3 is 0 Å². The van der Waals surface area contributed by atoms with Gasteiger partial charge in [-0.15, -0.1) is 0 Å². The van der Waals surface area contributed by atoms with Crippen molar-refractivity contribution in [2.45, 2.75) is 18.4 Å². The first-order valence-corrected chi connectivity index (χ1v) is 10.9. The molecule has 1 atom stereocenters. The molecule has 6 nitrogen and oxygen atoms in total. The highest BCUT2D eigenvalue weighted by Gasteiger charge is 2.44. The largest absolute Gasteiger partial charge is 0.361 e. The second-order valence-electron chi connectivity index (χ2n) is 8.16. The molecule has 1 fully saturated rings. The molecule has 33 heavy (non-hydrogen) atoms. The van der Waals surface area contributed by atoms with E-state index in [4.69, 9.17) is 4.74 Å². The van der Waals surface area contributed by atoms with Crippen LogP contribution in [0.25, 0.3) is 11.1 Å². The van der Waals surface area contributed by atoms with E-state index < -0.39 is 5.60 Å². The number of nitrogens with zero attached hydrogens (tertiary/aromatic N) is 2. The average molecular weight is 448 g/mol. The van der Waals surface area contributed by atoms with Crippen LogP contribution in [0.5, 0.6) is 0 Å². The number of carbonyl (C=O) groups excluding carboxylic acids is 2. The number of hydrogen-bond acceptors (Lipinski definition) is 4. The molecule has 0 radical (unpaired) electrons. The number of morpholine rings is 1. The number of aromatic nitrogens is 1. The molecule has 3 aromatic rings. The molecular formula is C26H26FN3O3. The Hall–Kier alpha value is -3.58.